The number of carboxylic acids is 1. The van der Waals surface area contributed by atoms with E-state index in [1.807, 2.05) is 11.0 Å². The lowest BCUT2D eigenvalue weighted by Crippen LogP contribution is -2.46. The highest BCUT2D eigenvalue weighted by atomic mass is 19.1. The first-order valence-corrected chi connectivity index (χ1v) is 5.50. The van der Waals surface area contributed by atoms with E-state index in [9.17, 15) is 9.18 Å². The summed E-state index contributed by atoms with van der Waals surface area (Å²) in [5.74, 6) is -1.34. The van der Waals surface area contributed by atoms with Gasteiger partial charge in [0.15, 0.2) is 0 Å². The highest BCUT2D eigenvalue weighted by Crippen LogP contribution is 2.27. The zero-order valence-corrected chi connectivity index (χ0v) is 9.34. The summed E-state index contributed by atoms with van der Waals surface area (Å²) in [5, 5.41) is 16.2. The molecule has 0 spiro atoms. The van der Waals surface area contributed by atoms with E-state index in [-0.39, 0.29) is 12.8 Å². The van der Waals surface area contributed by atoms with E-state index >= 15 is 0 Å². The van der Waals surface area contributed by atoms with Gasteiger partial charge in [-0.25, -0.2) is 9.18 Å². The van der Waals surface area contributed by atoms with Crippen LogP contribution in [-0.2, 0) is 11.3 Å². The SMILES string of the molecule is O=C(O)C1(F)CCN(Cc2ccnnc2)CC1. The molecule has 1 aromatic heterocycles. The number of hydrogen-bond acceptors (Lipinski definition) is 4. The van der Waals surface area contributed by atoms with Gasteiger partial charge >= 0.3 is 5.97 Å². The molecule has 0 unspecified atom stereocenters. The van der Waals surface area contributed by atoms with E-state index in [0.29, 0.717) is 19.6 Å². The first-order valence-electron chi connectivity index (χ1n) is 5.50. The monoisotopic (exact) mass is 239 g/mol. The fourth-order valence-electron chi connectivity index (χ4n) is 1.95. The van der Waals surface area contributed by atoms with Crippen molar-refractivity contribution >= 4 is 5.97 Å². The topological polar surface area (TPSA) is 66.3 Å². The van der Waals surface area contributed by atoms with Crippen LogP contribution in [0, 0.1) is 0 Å². The third kappa shape index (κ3) is 2.76. The third-order valence-corrected chi connectivity index (χ3v) is 3.08. The van der Waals surface area contributed by atoms with E-state index in [4.69, 9.17) is 5.11 Å². The van der Waals surface area contributed by atoms with E-state index in [1.165, 1.54) is 0 Å². The number of halogens is 1. The van der Waals surface area contributed by atoms with E-state index in [1.54, 1.807) is 12.4 Å². The molecule has 17 heavy (non-hydrogen) atoms. The largest absolute Gasteiger partial charge is 0.479 e. The predicted octanol–water partition coefficient (Wildman–Crippen LogP) is 0.865. The van der Waals surface area contributed by atoms with E-state index < -0.39 is 11.6 Å². The number of nitrogens with zero attached hydrogens (tertiary/aromatic N) is 3. The van der Waals surface area contributed by atoms with E-state index in [0.717, 1.165) is 5.56 Å². The molecular formula is C11H14FN3O2. The number of piperidine rings is 1. The number of carboxylic acid groups (broad SMARTS) is 1. The molecule has 1 aliphatic heterocycles. The molecule has 0 aliphatic carbocycles. The molecule has 1 saturated heterocycles. The zero-order chi connectivity index (χ0) is 12.3. The van der Waals surface area contributed by atoms with Gasteiger partial charge in [0.05, 0.1) is 6.20 Å². The minimum atomic E-state index is -2.05. The molecule has 1 N–H and O–H groups in total. The fraction of sp³-hybridized carbons (Fsp3) is 0.545. The van der Waals surface area contributed by atoms with Gasteiger partial charge in [0, 0.05) is 38.7 Å². The summed E-state index contributed by atoms with van der Waals surface area (Å²) in [6.45, 7) is 1.56. The van der Waals surface area contributed by atoms with Crippen LogP contribution in [0.5, 0.6) is 0 Å². The molecule has 1 fully saturated rings. The Labute approximate surface area is 98.3 Å². The third-order valence-electron chi connectivity index (χ3n) is 3.08. The minimum Gasteiger partial charge on any atom is -0.479 e. The second-order valence-electron chi connectivity index (χ2n) is 4.30. The second kappa shape index (κ2) is 4.75. The Bertz CT molecular complexity index is 391. The Morgan fingerprint density at radius 1 is 1.47 bits per heavy atom. The fourth-order valence-corrected chi connectivity index (χ4v) is 1.95. The van der Waals surface area contributed by atoms with Gasteiger partial charge in [0.2, 0.25) is 5.67 Å². The maximum Gasteiger partial charge on any atom is 0.341 e. The van der Waals surface area contributed by atoms with Crippen molar-refractivity contribution in [2.75, 3.05) is 13.1 Å². The molecule has 0 saturated carbocycles. The summed E-state index contributed by atoms with van der Waals surface area (Å²) in [7, 11) is 0. The van der Waals surface area contributed by atoms with Crippen molar-refractivity contribution in [2.24, 2.45) is 0 Å². The number of likely N-dealkylation sites (tertiary alicyclic amines) is 1. The zero-order valence-electron chi connectivity index (χ0n) is 9.34. The quantitative estimate of drug-likeness (QED) is 0.847. The van der Waals surface area contributed by atoms with Gasteiger partial charge in [-0.2, -0.15) is 10.2 Å². The van der Waals surface area contributed by atoms with Gasteiger partial charge in [0.1, 0.15) is 0 Å². The Morgan fingerprint density at radius 2 is 2.18 bits per heavy atom. The lowest BCUT2D eigenvalue weighted by atomic mass is 9.93. The Balaban J connectivity index is 1.90. The number of alkyl halides is 1. The van der Waals surface area contributed by atoms with Gasteiger partial charge < -0.3 is 5.11 Å². The molecule has 6 heteroatoms. The van der Waals surface area contributed by atoms with Crippen molar-refractivity contribution in [2.45, 2.75) is 25.1 Å². The maximum absolute atomic E-state index is 13.8. The Hall–Kier alpha value is -1.56. The van der Waals surface area contributed by atoms with Crippen LogP contribution in [-0.4, -0.2) is 44.9 Å². The van der Waals surface area contributed by atoms with Crippen molar-refractivity contribution in [3.8, 4) is 0 Å². The van der Waals surface area contributed by atoms with Crippen molar-refractivity contribution in [3.05, 3.63) is 24.0 Å². The number of rotatable bonds is 3. The standard InChI is InChI=1S/C11H14FN3O2/c12-11(10(16)17)2-5-15(6-3-11)8-9-1-4-13-14-7-9/h1,4,7H,2-3,5-6,8H2,(H,16,17). The highest BCUT2D eigenvalue weighted by molar-refractivity contribution is 5.77. The molecule has 5 nitrogen and oxygen atoms in total. The maximum atomic E-state index is 13.8. The van der Waals surface area contributed by atoms with Crippen LogP contribution in [0.3, 0.4) is 0 Å². The predicted molar refractivity (Wildman–Crippen MR) is 58.0 cm³/mol. The average Bonchev–Trinajstić information content (AvgIpc) is 2.33. The van der Waals surface area contributed by atoms with Crippen molar-refractivity contribution in [1.29, 1.82) is 0 Å². The first kappa shape index (κ1) is 11.9. The summed E-state index contributed by atoms with van der Waals surface area (Å²) < 4.78 is 13.8. The second-order valence-corrected chi connectivity index (χ2v) is 4.30. The van der Waals surface area contributed by atoms with Crippen LogP contribution in [0.25, 0.3) is 0 Å². The molecule has 1 aliphatic rings. The average molecular weight is 239 g/mol. The molecule has 0 amide bonds. The lowest BCUT2D eigenvalue weighted by molar-refractivity contribution is -0.154. The Kier molecular flexibility index (Phi) is 3.33. The summed E-state index contributed by atoms with van der Waals surface area (Å²) in [6, 6.07) is 1.85. The molecule has 0 atom stereocenters. The van der Waals surface area contributed by atoms with Crippen LogP contribution >= 0.6 is 0 Å². The molecular weight excluding hydrogens is 225 g/mol. The summed E-state index contributed by atoms with van der Waals surface area (Å²) in [4.78, 5) is 12.8. The number of aliphatic carboxylic acids is 1. The minimum absolute atomic E-state index is 0.0425. The number of carbonyl (C=O) groups is 1. The van der Waals surface area contributed by atoms with Gasteiger partial charge in [-0.05, 0) is 11.6 Å². The van der Waals surface area contributed by atoms with E-state index in [2.05, 4.69) is 10.2 Å². The Morgan fingerprint density at radius 3 is 2.71 bits per heavy atom. The summed E-state index contributed by atoms with van der Waals surface area (Å²) in [6.07, 6.45) is 3.35. The summed E-state index contributed by atoms with van der Waals surface area (Å²) in [5.41, 5.74) is -1.05. The first-order chi connectivity index (χ1) is 8.10. The van der Waals surface area contributed by atoms with Gasteiger partial charge in [0.25, 0.3) is 0 Å². The van der Waals surface area contributed by atoms with Crippen LogP contribution in [0.4, 0.5) is 4.39 Å². The van der Waals surface area contributed by atoms with Crippen LogP contribution in [0.15, 0.2) is 18.5 Å². The molecule has 2 heterocycles. The van der Waals surface area contributed by atoms with Crippen LogP contribution < -0.4 is 0 Å². The lowest BCUT2D eigenvalue weighted by Gasteiger charge is -2.33. The van der Waals surface area contributed by atoms with Crippen LogP contribution in [0.1, 0.15) is 18.4 Å². The van der Waals surface area contributed by atoms with Crippen molar-refractivity contribution in [1.82, 2.24) is 15.1 Å². The smallest absolute Gasteiger partial charge is 0.341 e. The van der Waals surface area contributed by atoms with Gasteiger partial charge in [-0.3, -0.25) is 4.90 Å². The van der Waals surface area contributed by atoms with Crippen LogP contribution in [0.2, 0.25) is 0 Å². The molecule has 0 bridgehead atoms. The molecule has 2 rings (SSSR count). The number of aromatic nitrogens is 2. The van der Waals surface area contributed by atoms with Gasteiger partial charge in [-0.15, -0.1) is 0 Å². The molecule has 0 aromatic carbocycles. The highest BCUT2D eigenvalue weighted by Gasteiger charge is 2.41. The van der Waals surface area contributed by atoms with Gasteiger partial charge in [-0.1, -0.05) is 0 Å². The number of hydrogen-bond donors (Lipinski definition) is 1. The molecule has 0 radical (unpaired) electrons. The molecule has 1 aromatic rings. The summed E-state index contributed by atoms with van der Waals surface area (Å²) >= 11 is 0. The molecule has 92 valence electrons. The van der Waals surface area contributed by atoms with Crippen molar-refractivity contribution in [3.63, 3.8) is 0 Å². The normalized spacial score (nSPS) is 20.1. The van der Waals surface area contributed by atoms with Crippen molar-refractivity contribution < 1.29 is 14.3 Å².